The summed E-state index contributed by atoms with van der Waals surface area (Å²) >= 11 is 0. The number of aldehydes is 1. The molecule has 3 nitrogen and oxygen atoms in total. The van der Waals surface area contributed by atoms with Crippen LogP contribution in [-0.2, 0) is 9.59 Å². The highest BCUT2D eigenvalue weighted by Crippen LogP contribution is 2.18. The lowest BCUT2D eigenvalue weighted by atomic mass is 10.1. The quantitative estimate of drug-likeness (QED) is 0.579. The molecule has 0 aliphatic carbocycles. The van der Waals surface area contributed by atoms with Gasteiger partial charge in [0.2, 0.25) is 0 Å². The molecule has 0 saturated carbocycles. The van der Waals surface area contributed by atoms with E-state index in [4.69, 9.17) is 0 Å². The first-order valence-electron chi connectivity index (χ1n) is 4.41. The van der Waals surface area contributed by atoms with Gasteiger partial charge < -0.3 is 4.79 Å². The maximum Gasteiger partial charge on any atom is 0.143 e. The van der Waals surface area contributed by atoms with E-state index in [1.807, 2.05) is 0 Å². The molecule has 1 aliphatic rings. The Morgan fingerprint density at radius 2 is 2.42 bits per heavy atom. The van der Waals surface area contributed by atoms with Crippen LogP contribution >= 0.6 is 0 Å². The van der Waals surface area contributed by atoms with Gasteiger partial charge in [0.1, 0.15) is 12.1 Å². The summed E-state index contributed by atoms with van der Waals surface area (Å²) < 4.78 is 0. The van der Waals surface area contributed by atoms with E-state index in [1.54, 1.807) is 6.92 Å². The van der Waals surface area contributed by atoms with Crippen molar-refractivity contribution in [2.45, 2.75) is 32.2 Å². The number of hydrogen-bond donors (Lipinski definition) is 0. The molecule has 1 heterocycles. The highest BCUT2D eigenvalue weighted by Gasteiger charge is 2.24. The van der Waals surface area contributed by atoms with Crippen molar-refractivity contribution in [1.29, 1.82) is 0 Å². The van der Waals surface area contributed by atoms with E-state index >= 15 is 0 Å². The Morgan fingerprint density at radius 3 is 3.00 bits per heavy atom. The molecule has 0 aromatic rings. The second kappa shape index (κ2) is 4.36. The Kier molecular flexibility index (Phi) is 3.41. The second-order valence-corrected chi connectivity index (χ2v) is 3.37. The molecular formula is C9H15NO2. The lowest BCUT2D eigenvalue weighted by Gasteiger charge is -2.20. The smallest absolute Gasteiger partial charge is 0.143 e. The molecule has 0 amide bonds. The van der Waals surface area contributed by atoms with Crippen molar-refractivity contribution >= 4 is 12.1 Å². The Morgan fingerprint density at radius 1 is 1.67 bits per heavy atom. The normalized spacial score (nSPS) is 24.2. The largest absolute Gasteiger partial charge is 0.303 e. The van der Waals surface area contributed by atoms with Gasteiger partial charge in [-0.05, 0) is 26.3 Å². The van der Waals surface area contributed by atoms with E-state index in [-0.39, 0.29) is 5.78 Å². The number of carbonyl (C=O) groups excluding carboxylic acids is 2. The van der Waals surface area contributed by atoms with Gasteiger partial charge in [-0.1, -0.05) is 0 Å². The van der Waals surface area contributed by atoms with Crippen LogP contribution in [0.25, 0.3) is 0 Å². The summed E-state index contributed by atoms with van der Waals surface area (Å²) in [6.45, 7) is 3.08. The molecule has 0 radical (unpaired) electrons. The van der Waals surface area contributed by atoms with Gasteiger partial charge in [0, 0.05) is 12.5 Å². The molecule has 12 heavy (non-hydrogen) atoms. The minimum absolute atomic E-state index is 0.188. The van der Waals surface area contributed by atoms with E-state index in [9.17, 15) is 9.59 Å². The lowest BCUT2D eigenvalue weighted by Crippen LogP contribution is -2.33. The molecule has 1 fully saturated rings. The number of nitrogens with zero attached hydrogens (tertiary/aromatic N) is 1. The number of Topliss-reactive ketones (excluding diaryl/α,β-unsaturated/α-hetero) is 1. The van der Waals surface area contributed by atoms with Crippen LogP contribution in [0.15, 0.2) is 0 Å². The average Bonchev–Trinajstić information content (AvgIpc) is 2.37. The number of likely N-dealkylation sites (tertiary alicyclic amines) is 1. The van der Waals surface area contributed by atoms with Crippen LogP contribution in [0, 0.1) is 0 Å². The highest BCUT2D eigenvalue weighted by atomic mass is 16.1. The van der Waals surface area contributed by atoms with Gasteiger partial charge in [0.05, 0.1) is 6.54 Å². The van der Waals surface area contributed by atoms with Crippen LogP contribution in [0.2, 0.25) is 0 Å². The maximum absolute atomic E-state index is 10.8. The van der Waals surface area contributed by atoms with E-state index in [0.717, 1.165) is 25.7 Å². The molecule has 0 spiro atoms. The summed E-state index contributed by atoms with van der Waals surface area (Å²) in [7, 11) is 0. The van der Waals surface area contributed by atoms with E-state index in [1.165, 1.54) is 0 Å². The van der Waals surface area contributed by atoms with Gasteiger partial charge in [0.25, 0.3) is 0 Å². The van der Waals surface area contributed by atoms with Crippen LogP contribution in [0.3, 0.4) is 0 Å². The zero-order valence-electron chi connectivity index (χ0n) is 7.45. The third kappa shape index (κ3) is 2.41. The molecule has 1 saturated heterocycles. The van der Waals surface area contributed by atoms with Gasteiger partial charge in [-0.2, -0.15) is 0 Å². The summed E-state index contributed by atoms with van der Waals surface area (Å²) in [4.78, 5) is 23.2. The van der Waals surface area contributed by atoms with Crippen LogP contribution in [0.4, 0.5) is 0 Å². The third-order valence-electron chi connectivity index (χ3n) is 2.29. The van der Waals surface area contributed by atoms with Crippen molar-refractivity contribution in [3.63, 3.8) is 0 Å². The van der Waals surface area contributed by atoms with E-state index < -0.39 is 0 Å². The van der Waals surface area contributed by atoms with E-state index in [0.29, 0.717) is 19.0 Å². The standard InChI is InChI=1S/C9H15NO2/c1-8(12)7-10-5-2-3-9(10)4-6-11/h6,9H,2-5,7H2,1H3/t9-/m0/s1. The molecule has 0 N–H and O–H groups in total. The molecule has 1 aliphatic heterocycles. The summed E-state index contributed by atoms with van der Waals surface area (Å²) in [6, 6.07) is 0.325. The molecule has 1 rings (SSSR count). The van der Waals surface area contributed by atoms with Crippen molar-refractivity contribution in [3.8, 4) is 0 Å². The minimum atomic E-state index is 0.188. The Bertz CT molecular complexity index is 179. The highest BCUT2D eigenvalue weighted by molar-refractivity contribution is 5.77. The minimum Gasteiger partial charge on any atom is -0.303 e. The molecule has 0 aromatic heterocycles. The van der Waals surface area contributed by atoms with Gasteiger partial charge in [-0.3, -0.25) is 9.69 Å². The Balaban J connectivity index is 2.40. The summed E-state index contributed by atoms with van der Waals surface area (Å²) in [5.74, 6) is 0.188. The number of rotatable bonds is 4. The lowest BCUT2D eigenvalue weighted by molar-refractivity contribution is -0.119. The van der Waals surface area contributed by atoms with Crippen molar-refractivity contribution in [1.82, 2.24) is 4.90 Å². The zero-order valence-corrected chi connectivity index (χ0v) is 7.45. The molecule has 68 valence electrons. The zero-order chi connectivity index (χ0) is 8.97. The molecule has 0 bridgehead atoms. The summed E-state index contributed by atoms with van der Waals surface area (Å²) in [5, 5.41) is 0. The number of hydrogen-bond acceptors (Lipinski definition) is 3. The predicted molar refractivity (Wildman–Crippen MR) is 46.0 cm³/mol. The van der Waals surface area contributed by atoms with Gasteiger partial charge in [-0.15, -0.1) is 0 Å². The average molecular weight is 169 g/mol. The van der Waals surface area contributed by atoms with Crippen LogP contribution in [0.1, 0.15) is 26.2 Å². The van der Waals surface area contributed by atoms with Crippen LogP contribution < -0.4 is 0 Å². The SMILES string of the molecule is CC(=O)CN1CCC[C@H]1CC=O. The summed E-state index contributed by atoms with van der Waals surface area (Å²) in [5.41, 5.74) is 0. The molecule has 1 atom stereocenters. The fourth-order valence-corrected chi connectivity index (χ4v) is 1.77. The topological polar surface area (TPSA) is 37.4 Å². The second-order valence-electron chi connectivity index (χ2n) is 3.37. The third-order valence-corrected chi connectivity index (χ3v) is 2.29. The van der Waals surface area contributed by atoms with Crippen LogP contribution in [-0.4, -0.2) is 36.1 Å². The van der Waals surface area contributed by atoms with Gasteiger partial charge in [0.15, 0.2) is 0 Å². The van der Waals surface area contributed by atoms with Gasteiger partial charge >= 0.3 is 0 Å². The van der Waals surface area contributed by atoms with Crippen molar-refractivity contribution in [2.24, 2.45) is 0 Å². The van der Waals surface area contributed by atoms with E-state index in [2.05, 4.69) is 4.90 Å². The summed E-state index contributed by atoms with van der Waals surface area (Å²) in [6.07, 6.45) is 3.70. The monoisotopic (exact) mass is 169 g/mol. The molecular weight excluding hydrogens is 154 g/mol. The van der Waals surface area contributed by atoms with Crippen molar-refractivity contribution in [3.05, 3.63) is 0 Å². The fourth-order valence-electron chi connectivity index (χ4n) is 1.77. The number of ketones is 1. The van der Waals surface area contributed by atoms with Crippen molar-refractivity contribution in [2.75, 3.05) is 13.1 Å². The van der Waals surface area contributed by atoms with Crippen molar-refractivity contribution < 1.29 is 9.59 Å². The van der Waals surface area contributed by atoms with Gasteiger partial charge in [-0.25, -0.2) is 0 Å². The first kappa shape index (κ1) is 9.39. The van der Waals surface area contributed by atoms with Crippen LogP contribution in [0.5, 0.6) is 0 Å². The first-order chi connectivity index (χ1) is 5.74. The Hall–Kier alpha value is -0.700. The molecule has 0 unspecified atom stereocenters. The number of carbonyl (C=O) groups is 2. The fraction of sp³-hybridized carbons (Fsp3) is 0.778. The maximum atomic E-state index is 10.8. The molecule has 3 heteroatoms. The molecule has 0 aromatic carbocycles. The Labute approximate surface area is 72.7 Å². The first-order valence-corrected chi connectivity index (χ1v) is 4.41. The predicted octanol–water partition coefficient (Wildman–Crippen LogP) is 0.629.